The summed E-state index contributed by atoms with van der Waals surface area (Å²) in [5, 5.41) is 2.92. The quantitative estimate of drug-likeness (QED) is 0.942. The Bertz CT molecular complexity index is 811. The standard InChI is InChI=1S/C18H17N3O3/c1-20-14-11-21(10-13-8-5-9-24-13)17(22)15(14)16(19-18(20)23)12-6-3-2-4-7-12/h2-9,16H,10-11H2,1H3,(H,19,23)/t16-/m1/s1. The molecule has 0 spiro atoms. The van der Waals surface area contributed by atoms with Crippen LogP contribution in [-0.2, 0) is 11.3 Å². The summed E-state index contributed by atoms with van der Waals surface area (Å²) in [6, 6.07) is 12.6. The van der Waals surface area contributed by atoms with Gasteiger partial charge in [-0.15, -0.1) is 0 Å². The molecular formula is C18H17N3O3. The number of likely N-dealkylation sites (N-methyl/N-ethyl adjacent to an activating group) is 1. The third-order valence-corrected chi connectivity index (χ3v) is 4.49. The minimum absolute atomic E-state index is 0.0675. The van der Waals surface area contributed by atoms with E-state index in [4.69, 9.17) is 4.42 Å². The van der Waals surface area contributed by atoms with E-state index in [1.54, 1.807) is 24.3 Å². The first kappa shape index (κ1) is 14.6. The highest BCUT2D eigenvalue weighted by molar-refractivity contribution is 6.01. The average molecular weight is 323 g/mol. The van der Waals surface area contributed by atoms with Crippen molar-refractivity contribution in [2.24, 2.45) is 0 Å². The second kappa shape index (κ2) is 5.56. The zero-order valence-electron chi connectivity index (χ0n) is 13.2. The van der Waals surface area contributed by atoms with Gasteiger partial charge in [-0.3, -0.25) is 9.69 Å². The van der Waals surface area contributed by atoms with Crippen molar-refractivity contribution in [3.8, 4) is 0 Å². The second-order valence-corrected chi connectivity index (χ2v) is 5.95. The topological polar surface area (TPSA) is 65.8 Å². The van der Waals surface area contributed by atoms with E-state index in [1.807, 2.05) is 36.4 Å². The molecule has 1 atom stereocenters. The number of hydrogen-bond acceptors (Lipinski definition) is 3. The van der Waals surface area contributed by atoms with Crippen LogP contribution in [0.4, 0.5) is 4.79 Å². The molecule has 2 aliphatic heterocycles. The first-order chi connectivity index (χ1) is 11.6. The van der Waals surface area contributed by atoms with Crippen molar-refractivity contribution in [1.82, 2.24) is 15.1 Å². The van der Waals surface area contributed by atoms with Crippen LogP contribution in [0.1, 0.15) is 17.4 Å². The van der Waals surface area contributed by atoms with E-state index in [9.17, 15) is 9.59 Å². The SMILES string of the molecule is CN1C(=O)N[C@H](c2ccccc2)C2=C1CN(Cc1ccco1)C2=O. The lowest BCUT2D eigenvalue weighted by Gasteiger charge is -2.31. The van der Waals surface area contributed by atoms with Crippen LogP contribution in [0.2, 0.25) is 0 Å². The lowest BCUT2D eigenvalue weighted by molar-refractivity contribution is -0.126. The maximum absolute atomic E-state index is 13.0. The van der Waals surface area contributed by atoms with E-state index in [2.05, 4.69) is 5.32 Å². The van der Waals surface area contributed by atoms with Gasteiger partial charge < -0.3 is 14.6 Å². The van der Waals surface area contributed by atoms with Gasteiger partial charge in [0, 0.05) is 7.05 Å². The number of benzene rings is 1. The molecule has 1 aromatic heterocycles. The van der Waals surface area contributed by atoms with Gasteiger partial charge in [-0.25, -0.2) is 4.79 Å². The van der Waals surface area contributed by atoms with E-state index >= 15 is 0 Å². The minimum atomic E-state index is -0.418. The second-order valence-electron chi connectivity index (χ2n) is 5.95. The maximum atomic E-state index is 13.0. The van der Waals surface area contributed by atoms with E-state index in [0.29, 0.717) is 18.7 Å². The van der Waals surface area contributed by atoms with E-state index in [0.717, 1.165) is 17.0 Å². The molecule has 6 heteroatoms. The van der Waals surface area contributed by atoms with Crippen LogP contribution in [-0.4, -0.2) is 35.3 Å². The molecule has 2 aliphatic rings. The number of hydrogen-bond donors (Lipinski definition) is 1. The van der Waals surface area contributed by atoms with Crippen molar-refractivity contribution in [2.45, 2.75) is 12.6 Å². The van der Waals surface area contributed by atoms with Crippen molar-refractivity contribution in [3.63, 3.8) is 0 Å². The molecule has 1 N–H and O–H groups in total. The Morgan fingerprint density at radius 3 is 2.67 bits per heavy atom. The van der Waals surface area contributed by atoms with Crippen molar-refractivity contribution in [2.75, 3.05) is 13.6 Å². The highest BCUT2D eigenvalue weighted by atomic mass is 16.3. The van der Waals surface area contributed by atoms with Crippen molar-refractivity contribution >= 4 is 11.9 Å². The zero-order chi connectivity index (χ0) is 16.7. The number of rotatable bonds is 3. The third kappa shape index (κ3) is 2.27. The Hall–Kier alpha value is -3.02. The smallest absolute Gasteiger partial charge is 0.322 e. The predicted octanol–water partition coefficient (Wildman–Crippen LogP) is 2.27. The highest BCUT2D eigenvalue weighted by Gasteiger charge is 2.42. The zero-order valence-corrected chi connectivity index (χ0v) is 13.2. The van der Waals surface area contributed by atoms with Gasteiger partial charge in [-0.2, -0.15) is 0 Å². The summed E-state index contributed by atoms with van der Waals surface area (Å²) in [6.45, 7) is 0.796. The van der Waals surface area contributed by atoms with Crippen molar-refractivity contribution in [3.05, 3.63) is 71.3 Å². The molecule has 3 heterocycles. The number of furan rings is 1. The number of urea groups is 1. The van der Waals surface area contributed by atoms with Gasteiger partial charge in [0.15, 0.2) is 0 Å². The Morgan fingerprint density at radius 1 is 1.17 bits per heavy atom. The number of carbonyl (C=O) groups is 2. The third-order valence-electron chi connectivity index (χ3n) is 4.49. The van der Waals surface area contributed by atoms with E-state index < -0.39 is 6.04 Å². The van der Waals surface area contributed by atoms with Gasteiger partial charge in [0.05, 0.1) is 36.7 Å². The molecular weight excluding hydrogens is 306 g/mol. The summed E-state index contributed by atoms with van der Waals surface area (Å²) in [4.78, 5) is 28.5. The highest BCUT2D eigenvalue weighted by Crippen LogP contribution is 2.36. The summed E-state index contributed by atoms with van der Waals surface area (Å²) in [5.74, 6) is 0.656. The van der Waals surface area contributed by atoms with Crippen molar-refractivity contribution in [1.29, 1.82) is 0 Å². The predicted molar refractivity (Wildman–Crippen MR) is 86.6 cm³/mol. The lowest BCUT2D eigenvalue weighted by Crippen LogP contribution is -2.45. The molecule has 6 nitrogen and oxygen atoms in total. The van der Waals surface area contributed by atoms with Crippen LogP contribution < -0.4 is 5.32 Å². The van der Waals surface area contributed by atoms with E-state index in [1.165, 1.54) is 4.90 Å². The molecule has 0 saturated carbocycles. The Morgan fingerprint density at radius 2 is 1.96 bits per heavy atom. The molecule has 4 rings (SSSR count). The molecule has 0 radical (unpaired) electrons. The summed E-state index contributed by atoms with van der Waals surface area (Å²) in [6.07, 6.45) is 1.59. The molecule has 2 aromatic rings. The Labute approximate surface area is 139 Å². The Kier molecular flexibility index (Phi) is 3.37. The van der Waals surface area contributed by atoms with Gasteiger partial charge in [0.2, 0.25) is 0 Å². The fourth-order valence-corrected chi connectivity index (χ4v) is 3.24. The van der Waals surface area contributed by atoms with Gasteiger partial charge in [0.25, 0.3) is 5.91 Å². The first-order valence-corrected chi connectivity index (χ1v) is 7.79. The fourth-order valence-electron chi connectivity index (χ4n) is 3.24. The molecule has 0 fully saturated rings. The molecule has 122 valence electrons. The van der Waals surface area contributed by atoms with Gasteiger partial charge in [0.1, 0.15) is 5.76 Å². The van der Waals surface area contributed by atoms with Crippen LogP contribution in [0.3, 0.4) is 0 Å². The van der Waals surface area contributed by atoms with E-state index in [-0.39, 0.29) is 11.9 Å². The summed E-state index contributed by atoms with van der Waals surface area (Å²) >= 11 is 0. The monoisotopic (exact) mass is 323 g/mol. The molecule has 3 amide bonds. The number of nitrogens with one attached hydrogen (secondary N) is 1. The first-order valence-electron chi connectivity index (χ1n) is 7.79. The summed E-state index contributed by atoms with van der Waals surface area (Å²) in [5.41, 5.74) is 2.29. The normalized spacial score (nSPS) is 20.5. The van der Waals surface area contributed by atoms with Crippen LogP contribution in [0.5, 0.6) is 0 Å². The van der Waals surface area contributed by atoms with Gasteiger partial charge in [-0.1, -0.05) is 30.3 Å². The molecule has 24 heavy (non-hydrogen) atoms. The molecule has 1 aromatic carbocycles. The van der Waals surface area contributed by atoms with Crippen LogP contribution >= 0.6 is 0 Å². The number of nitrogens with zero attached hydrogens (tertiary/aromatic N) is 2. The molecule has 0 saturated heterocycles. The van der Waals surface area contributed by atoms with Gasteiger partial charge >= 0.3 is 6.03 Å². The molecule has 0 aliphatic carbocycles. The lowest BCUT2D eigenvalue weighted by atomic mass is 9.96. The largest absolute Gasteiger partial charge is 0.467 e. The number of amides is 3. The fraction of sp³-hybridized carbons (Fsp3) is 0.222. The maximum Gasteiger partial charge on any atom is 0.322 e. The van der Waals surface area contributed by atoms with Crippen LogP contribution in [0, 0.1) is 0 Å². The van der Waals surface area contributed by atoms with Crippen molar-refractivity contribution < 1.29 is 14.0 Å². The summed E-state index contributed by atoms with van der Waals surface area (Å²) < 4.78 is 5.35. The number of carbonyl (C=O) groups excluding carboxylic acids is 2. The molecule has 0 bridgehead atoms. The minimum Gasteiger partial charge on any atom is -0.467 e. The summed E-state index contributed by atoms with van der Waals surface area (Å²) in [7, 11) is 1.69. The van der Waals surface area contributed by atoms with Crippen LogP contribution in [0.25, 0.3) is 0 Å². The average Bonchev–Trinajstić information content (AvgIpc) is 3.22. The molecule has 0 unspecified atom stereocenters. The van der Waals surface area contributed by atoms with Gasteiger partial charge in [-0.05, 0) is 17.7 Å². The Balaban J connectivity index is 1.69. The van der Waals surface area contributed by atoms with Crippen LogP contribution in [0.15, 0.2) is 64.4 Å².